The lowest BCUT2D eigenvalue weighted by atomic mass is 10.0. The van der Waals surface area contributed by atoms with Crippen molar-refractivity contribution >= 4 is 0 Å². The molecule has 2 fully saturated rings. The van der Waals surface area contributed by atoms with Gasteiger partial charge in [0.2, 0.25) is 0 Å². The molecule has 0 aromatic carbocycles. The molecular weight excluding hydrogens is 288 g/mol. The molecule has 2 saturated heterocycles. The Hall–Kier alpha value is -0.240. The Morgan fingerprint density at radius 2 is 1.73 bits per heavy atom. The quantitative estimate of drug-likeness (QED) is 0.853. The average Bonchev–Trinajstić information content (AvgIpc) is 2.85. The van der Waals surface area contributed by atoms with Crippen LogP contribution in [0.5, 0.6) is 0 Å². The fourth-order valence-corrected chi connectivity index (χ4v) is 2.71. The van der Waals surface area contributed by atoms with E-state index in [0.717, 1.165) is 0 Å². The van der Waals surface area contributed by atoms with Gasteiger partial charge in [-0.25, -0.2) is 0 Å². The summed E-state index contributed by atoms with van der Waals surface area (Å²) in [5, 5.41) is 10.5. The normalized spacial score (nSPS) is 35.7. The van der Waals surface area contributed by atoms with E-state index in [1.54, 1.807) is 0 Å². The maximum absolute atomic E-state index is 10.5. The van der Waals surface area contributed by atoms with Crippen molar-refractivity contribution in [1.29, 1.82) is 0 Å². The third kappa shape index (κ3) is 4.63. The fourth-order valence-electron chi connectivity index (χ4n) is 2.71. The molecule has 0 aromatic rings. The lowest BCUT2D eigenvalue weighted by Gasteiger charge is -2.28. The lowest BCUT2D eigenvalue weighted by molar-refractivity contribution is -0.176. The van der Waals surface area contributed by atoms with Gasteiger partial charge in [0.25, 0.3) is 0 Å². The molecule has 2 aliphatic heterocycles. The molecule has 0 aromatic heterocycles. The molecule has 0 radical (unpaired) electrons. The van der Waals surface area contributed by atoms with Gasteiger partial charge >= 0.3 is 0 Å². The Balaban J connectivity index is 2.03. The number of aliphatic hydroxyl groups is 1. The minimum atomic E-state index is -0.793. The van der Waals surface area contributed by atoms with Crippen molar-refractivity contribution in [3.8, 4) is 0 Å². The van der Waals surface area contributed by atoms with Crippen molar-refractivity contribution in [2.75, 3.05) is 13.2 Å². The summed E-state index contributed by atoms with van der Waals surface area (Å²) in [7, 11) is 0. The van der Waals surface area contributed by atoms with E-state index in [4.69, 9.17) is 23.7 Å². The number of hydrogen-bond acceptors (Lipinski definition) is 6. The Morgan fingerprint density at radius 1 is 1.09 bits per heavy atom. The zero-order valence-electron chi connectivity index (χ0n) is 14.7. The summed E-state index contributed by atoms with van der Waals surface area (Å²) >= 11 is 0. The number of aliphatic hydroxyl groups excluding tert-OH is 1. The van der Waals surface area contributed by atoms with Crippen LogP contribution in [0.4, 0.5) is 0 Å². The molecule has 6 heteroatoms. The van der Waals surface area contributed by atoms with Gasteiger partial charge in [-0.05, 0) is 48.5 Å². The highest BCUT2D eigenvalue weighted by molar-refractivity contribution is 4.93. The minimum Gasteiger partial charge on any atom is -0.388 e. The van der Waals surface area contributed by atoms with Crippen molar-refractivity contribution in [2.24, 2.45) is 0 Å². The smallest absolute Gasteiger partial charge is 0.164 e. The van der Waals surface area contributed by atoms with Crippen LogP contribution in [-0.4, -0.2) is 59.9 Å². The first-order chi connectivity index (χ1) is 9.89. The molecule has 0 saturated carbocycles. The summed E-state index contributed by atoms with van der Waals surface area (Å²) in [5.41, 5.74) is -0.319. The van der Waals surface area contributed by atoms with E-state index in [1.807, 2.05) is 48.5 Å². The van der Waals surface area contributed by atoms with Crippen molar-refractivity contribution in [3.05, 3.63) is 0 Å². The predicted molar refractivity (Wildman–Crippen MR) is 80.4 cm³/mol. The van der Waals surface area contributed by atoms with Crippen LogP contribution in [0.2, 0.25) is 0 Å². The lowest BCUT2D eigenvalue weighted by Crippen LogP contribution is -2.46. The fraction of sp³-hybridized carbons (Fsp3) is 1.00. The van der Waals surface area contributed by atoms with Crippen molar-refractivity contribution < 1.29 is 28.8 Å². The van der Waals surface area contributed by atoms with Gasteiger partial charge in [0, 0.05) is 0 Å². The Bertz CT molecular complexity index is 387. The Kier molecular flexibility index (Phi) is 4.94. The molecular formula is C16H30O6. The maximum atomic E-state index is 10.5. The zero-order valence-corrected chi connectivity index (χ0v) is 14.7. The number of rotatable bonds is 4. The molecule has 0 bridgehead atoms. The molecule has 22 heavy (non-hydrogen) atoms. The molecule has 6 nitrogen and oxygen atoms in total. The highest BCUT2D eigenvalue weighted by Gasteiger charge is 2.52. The van der Waals surface area contributed by atoms with Gasteiger partial charge in [0.15, 0.2) is 11.6 Å². The Labute approximate surface area is 133 Å². The molecule has 2 aliphatic rings. The second-order valence-electron chi connectivity index (χ2n) is 7.92. The zero-order chi connectivity index (χ0) is 16.8. The summed E-state index contributed by atoms with van der Waals surface area (Å²) in [6, 6.07) is 0. The van der Waals surface area contributed by atoms with Crippen LogP contribution < -0.4 is 0 Å². The second kappa shape index (κ2) is 6.00. The average molecular weight is 318 g/mol. The van der Waals surface area contributed by atoms with E-state index >= 15 is 0 Å². The third-order valence-electron chi connectivity index (χ3n) is 3.63. The third-order valence-corrected chi connectivity index (χ3v) is 3.63. The largest absolute Gasteiger partial charge is 0.388 e. The first-order valence-corrected chi connectivity index (χ1v) is 7.88. The summed E-state index contributed by atoms with van der Waals surface area (Å²) in [6.07, 6.45) is -1.97. The molecule has 0 spiro atoms. The van der Waals surface area contributed by atoms with E-state index < -0.39 is 29.9 Å². The maximum Gasteiger partial charge on any atom is 0.164 e. The number of ether oxygens (including phenoxy) is 5. The molecule has 0 aliphatic carbocycles. The van der Waals surface area contributed by atoms with Crippen LogP contribution in [-0.2, 0) is 23.7 Å². The van der Waals surface area contributed by atoms with Crippen molar-refractivity contribution in [3.63, 3.8) is 0 Å². The molecule has 0 unspecified atom stereocenters. The van der Waals surface area contributed by atoms with E-state index in [-0.39, 0.29) is 18.3 Å². The van der Waals surface area contributed by atoms with Crippen molar-refractivity contribution in [2.45, 2.75) is 90.1 Å². The molecule has 2 rings (SSSR count). The van der Waals surface area contributed by atoms with Gasteiger partial charge in [0.1, 0.15) is 24.4 Å². The first kappa shape index (κ1) is 18.1. The van der Waals surface area contributed by atoms with Crippen LogP contribution in [0.25, 0.3) is 0 Å². The predicted octanol–water partition coefficient (Wildman–Crippen LogP) is 1.83. The van der Waals surface area contributed by atoms with Gasteiger partial charge in [-0.1, -0.05) is 0 Å². The monoisotopic (exact) mass is 318 g/mol. The van der Waals surface area contributed by atoms with E-state index in [1.165, 1.54) is 0 Å². The van der Waals surface area contributed by atoms with Gasteiger partial charge in [-0.3, -0.25) is 0 Å². The van der Waals surface area contributed by atoms with E-state index in [2.05, 4.69) is 0 Å². The molecule has 1 N–H and O–H groups in total. The van der Waals surface area contributed by atoms with Crippen molar-refractivity contribution in [1.82, 2.24) is 0 Å². The van der Waals surface area contributed by atoms with Gasteiger partial charge in [-0.15, -0.1) is 0 Å². The van der Waals surface area contributed by atoms with Gasteiger partial charge in [-0.2, -0.15) is 0 Å². The molecule has 2 heterocycles. The van der Waals surface area contributed by atoms with Crippen LogP contribution in [0.15, 0.2) is 0 Å². The highest BCUT2D eigenvalue weighted by atomic mass is 16.8. The van der Waals surface area contributed by atoms with Crippen LogP contribution in [0.1, 0.15) is 48.5 Å². The van der Waals surface area contributed by atoms with E-state index in [0.29, 0.717) is 6.61 Å². The second-order valence-corrected chi connectivity index (χ2v) is 7.92. The summed E-state index contributed by atoms with van der Waals surface area (Å²) in [4.78, 5) is 0. The minimum absolute atomic E-state index is 0.182. The first-order valence-electron chi connectivity index (χ1n) is 7.88. The molecule has 4 atom stereocenters. The summed E-state index contributed by atoms with van der Waals surface area (Å²) in [6.45, 7) is 13.8. The van der Waals surface area contributed by atoms with Crippen LogP contribution in [0.3, 0.4) is 0 Å². The molecule has 130 valence electrons. The SMILES string of the molecule is CC(C)(C)OC[C@H](O)[C@H]1OC(C)(C)O[C@@H]1[C@H]1COC(C)(C)O1. The number of hydrogen-bond donors (Lipinski definition) is 1. The Morgan fingerprint density at radius 3 is 2.23 bits per heavy atom. The molecule has 0 amide bonds. The van der Waals surface area contributed by atoms with Crippen LogP contribution in [0, 0.1) is 0 Å². The van der Waals surface area contributed by atoms with Gasteiger partial charge in [0.05, 0.1) is 18.8 Å². The standard InChI is InChI=1S/C16H30O6/c1-14(2,3)18-8-10(17)12-13(22-16(6,7)21-12)11-9-19-15(4,5)20-11/h10-13,17H,8-9H2,1-7H3/t10-,11+,12+,13+/m0/s1. The summed E-state index contributed by atoms with van der Waals surface area (Å²) < 4.78 is 29.0. The van der Waals surface area contributed by atoms with E-state index in [9.17, 15) is 5.11 Å². The topological polar surface area (TPSA) is 66.4 Å². The highest BCUT2D eigenvalue weighted by Crippen LogP contribution is 2.36. The van der Waals surface area contributed by atoms with Gasteiger partial charge < -0.3 is 28.8 Å². The summed E-state index contributed by atoms with van der Waals surface area (Å²) in [5.74, 6) is -1.41. The van der Waals surface area contributed by atoms with Crippen LogP contribution >= 0.6 is 0 Å².